The van der Waals surface area contributed by atoms with Crippen molar-refractivity contribution in [2.45, 2.75) is 39.0 Å². The molecule has 0 unspecified atom stereocenters. The van der Waals surface area contributed by atoms with Crippen molar-refractivity contribution in [3.05, 3.63) is 63.4 Å². The quantitative estimate of drug-likeness (QED) is 0.664. The van der Waals surface area contributed by atoms with Crippen LogP contribution in [0.15, 0.2) is 39.8 Å². The van der Waals surface area contributed by atoms with E-state index in [1.165, 1.54) is 16.5 Å². The van der Waals surface area contributed by atoms with Gasteiger partial charge in [0.2, 0.25) is 5.71 Å². The number of aliphatic hydroxyl groups is 1. The van der Waals surface area contributed by atoms with E-state index >= 15 is 0 Å². The molecular weight excluding hydrogens is 384 g/mol. The van der Waals surface area contributed by atoms with E-state index in [4.69, 9.17) is 4.42 Å². The largest absolute Gasteiger partial charge is 0.442 e. The standard InChI is InChI=1S/C22H26N4O4/c1-14-18(19-21(30-14)24-13-25(2)22(19)29)20(28)23-11-15-3-5-16(6-4-15)12-26-9-7-17(27)8-10-26/h3-6,13,17,27H,7-12H2,1-2H3,(H,23,28). The lowest BCUT2D eigenvalue weighted by Gasteiger charge is -2.29. The van der Waals surface area contributed by atoms with E-state index in [9.17, 15) is 14.7 Å². The molecule has 0 atom stereocenters. The number of aliphatic hydroxyl groups excluding tert-OH is 1. The van der Waals surface area contributed by atoms with Crippen LogP contribution in [0.3, 0.4) is 0 Å². The van der Waals surface area contributed by atoms with Crippen LogP contribution in [-0.2, 0) is 20.1 Å². The molecular formula is C22H26N4O4. The fourth-order valence-corrected chi connectivity index (χ4v) is 3.83. The van der Waals surface area contributed by atoms with Gasteiger partial charge in [-0.15, -0.1) is 0 Å². The molecule has 158 valence electrons. The van der Waals surface area contributed by atoms with Gasteiger partial charge in [-0.3, -0.25) is 14.5 Å². The summed E-state index contributed by atoms with van der Waals surface area (Å²) in [6.07, 6.45) is 2.86. The van der Waals surface area contributed by atoms with Crippen molar-refractivity contribution in [2.24, 2.45) is 7.05 Å². The van der Waals surface area contributed by atoms with E-state index in [2.05, 4.69) is 27.3 Å². The number of furan rings is 1. The molecule has 0 bridgehead atoms. The first-order valence-corrected chi connectivity index (χ1v) is 10.1. The molecule has 8 heteroatoms. The second kappa shape index (κ2) is 8.41. The highest BCUT2D eigenvalue weighted by molar-refractivity contribution is 6.06. The lowest BCUT2D eigenvalue weighted by molar-refractivity contribution is 0.0792. The number of aryl methyl sites for hydroxylation is 2. The number of nitrogens with one attached hydrogen (secondary N) is 1. The Bertz CT molecular complexity index is 1110. The number of hydrogen-bond donors (Lipinski definition) is 2. The van der Waals surface area contributed by atoms with E-state index in [0.717, 1.165) is 38.0 Å². The Morgan fingerprint density at radius 1 is 1.23 bits per heavy atom. The highest BCUT2D eigenvalue weighted by atomic mass is 16.3. The van der Waals surface area contributed by atoms with Crippen molar-refractivity contribution in [1.82, 2.24) is 19.8 Å². The van der Waals surface area contributed by atoms with Gasteiger partial charge >= 0.3 is 0 Å². The highest BCUT2D eigenvalue weighted by Crippen LogP contribution is 2.21. The topological polar surface area (TPSA) is 101 Å². The van der Waals surface area contributed by atoms with Crippen molar-refractivity contribution in [3.8, 4) is 0 Å². The maximum absolute atomic E-state index is 12.8. The molecule has 1 amide bonds. The zero-order valence-corrected chi connectivity index (χ0v) is 17.2. The number of benzene rings is 1. The third-order valence-electron chi connectivity index (χ3n) is 5.61. The van der Waals surface area contributed by atoms with Gasteiger partial charge in [-0.1, -0.05) is 24.3 Å². The molecule has 30 heavy (non-hydrogen) atoms. The lowest BCUT2D eigenvalue weighted by atomic mass is 10.1. The minimum atomic E-state index is -0.354. The Morgan fingerprint density at radius 2 is 1.90 bits per heavy atom. The fourth-order valence-electron chi connectivity index (χ4n) is 3.83. The monoisotopic (exact) mass is 410 g/mol. The number of amides is 1. The fraction of sp³-hybridized carbons (Fsp3) is 0.409. The molecule has 0 saturated carbocycles. The van der Waals surface area contributed by atoms with Gasteiger partial charge in [0.15, 0.2) is 0 Å². The minimum absolute atomic E-state index is 0.167. The first-order valence-electron chi connectivity index (χ1n) is 10.1. The number of fused-ring (bicyclic) bond motifs is 1. The molecule has 3 aromatic rings. The molecule has 8 nitrogen and oxygen atoms in total. The van der Waals surface area contributed by atoms with E-state index in [0.29, 0.717) is 12.3 Å². The van der Waals surface area contributed by atoms with Crippen molar-refractivity contribution >= 4 is 17.0 Å². The smallest absolute Gasteiger partial charge is 0.265 e. The molecule has 2 aromatic heterocycles. The van der Waals surface area contributed by atoms with Gasteiger partial charge in [0.25, 0.3) is 11.5 Å². The highest BCUT2D eigenvalue weighted by Gasteiger charge is 2.22. The Kier molecular flexibility index (Phi) is 5.69. The van der Waals surface area contributed by atoms with Gasteiger partial charge in [0.1, 0.15) is 17.5 Å². The van der Waals surface area contributed by atoms with Gasteiger partial charge < -0.3 is 19.4 Å². The molecule has 2 N–H and O–H groups in total. The van der Waals surface area contributed by atoms with Gasteiger partial charge in [-0.05, 0) is 30.9 Å². The first-order chi connectivity index (χ1) is 14.4. The summed E-state index contributed by atoms with van der Waals surface area (Å²) in [5, 5.41) is 12.7. The number of rotatable bonds is 5. The van der Waals surface area contributed by atoms with Crippen LogP contribution in [0.25, 0.3) is 11.1 Å². The Balaban J connectivity index is 1.41. The normalized spacial score (nSPS) is 15.6. The first kappa shape index (κ1) is 20.3. The van der Waals surface area contributed by atoms with E-state index in [-0.39, 0.29) is 34.2 Å². The van der Waals surface area contributed by atoms with Crippen LogP contribution >= 0.6 is 0 Å². The second-order valence-electron chi connectivity index (χ2n) is 7.88. The van der Waals surface area contributed by atoms with Crippen LogP contribution < -0.4 is 10.9 Å². The van der Waals surface area contributed by atoms with Crippen LogP contribution in [0.5, 0.6) is 0 Å². The summed E-state index contributed by atoms with van der Waals surface area (Å²) in [5.41, 5.74) is 2.28. The van der Waals surface area contributed by atoms with Crippen LogP contribution in [0.2, 0.25) is 0 Å². The lowest BCUT2D eigenvalue weighted by Crippen LogP contribution is -2.35. The summed E-state index contributed by atoms with van der Waals surface area (Å²) < 4.78 is 6.83. The number of hydrogen-bond acceptors (Lipinski definition) is 6. The zero-order valence-electron chi connectivity index (χ0n) is 17.2. The molecule has 1 aliphatic rings. The van der Waals surface area contributed by atoms with Crippen molar-refractivity contribution in [2.75, 3.05) is 13.1 Å². The Morgan fingerprint density at radius 3 is 2.60 bits per heavy atom. The van der Waals surface area contributed by atoms with Crippen molar-refractivity contribution in [1.29, 1.82) is 0 Å². The molecule has 1 aliphatic heterocycles. The second-order valence-corrected chi connectivity index (χ2v) is 7.88. The molecule has 1 aromatic carbocycles. The number of likely N-dealkylation sites (tertiary alicyclic amines) is 1. The van der Waals surface area contributed by atoms with Gasteiger partial charge in [0, 0.05) is 33.2 Å². The van der Waals surface area contributed by atoms with Crippen molar-refractivity contribution < 1.29 is 14.3 Å². The molecule has 0 spiro atoms. The molecule has 0 radical (unpaired) electrons. The third kappa shape index (κ3) is 4.15. The third-order valence-corrected chi connectivity index (χ3v) is 5.61. The zero-order chi connectivity index (χ0) is 21.3. The Hall–Kier alpha value is -2.97. The maximum Gasteiger partial charge on any atom is 0.265 e. The number of aromatic nitrogens is 2. The molecule has 3 heterocycles. The van der Waals surface area contributed by atoms with E-state index in [1.54, 1.807) is 14.0 Å². The van der Waals surface area contributed by atoms with E-state index in [1.807, 2.05) is 12.1 Å². The van der Waals surface area contributed by atoms with Gasteiger partial charge in [-0.25, -0.2) is 4.98 Å². The van der Waals surface area contributed by atoms with Gasteiger partial charge in [0.05, 0.1) is 11.7 Å². The Labute approximate surface area is 174 Å². The summed E-state index contributed by atoms with van der Waals surface area (Å²) >= 11 is 0. The number of carbonyl (C=O) groups is 1. The van der Waals surface area contributed by atoms with Crippen LogP contribution in [-0.4, -0.2) is 44.7 Å². The average Bonchev–Trinajstić information content (AvgIpc) is 3.08. The predicted molar refractivity (Wildman–Crippen MR) is 112 cm³/mol. The van der Waals surface area contributed by atoms with Crippen LogP contribution in [0, 0.1) is 6.92 Å². The van der Waals surface area contributed by atoms with Gasteiger partial charge in [-0.2, -0.15) is 0 Å². The SMILES string of the molecule is Cc1oc2ncn(C)c(=O)c2c1C(=O)NCc1ccc(CN2CCC(O)CC2)cc1. The molecule has 1 saturated heterocycles. The summed E-state index contributed by atoms with van der Waals surface area (Å²) in [5.74, 6) is 0.0209. The van der Waals surface area contributed by atoms with E-state index < -0.39 is 0 Å². The molecule has 0 aliphatic carbocycles. The van der Waals surface area contributed by atoms with Crippen LogP contribution in [0.1, 0.15) is 40.1 Å². The van der Waals surface area contributed by atoms with Crippen LogP contribution in [0.4, 0.5) is 0 Å². The molecule has 1 fully saturated rings. The minimum Gasteiger partial charge on any atom is -0.442 e. The molecule has 4 rings (SSSR count). The number of carbonyl (C=O) groups excluding carboxylic acids is 1. The summed E-state index contributed by atoms with van der Waals surface area (Å²) in [7, 11) is 1.59. The average molecular weight is 410 g/mol. The summed E-state index contributed by atoms with van der Waals surface area (Å²) in [6, 6.07) is 8.11. The number of nitrogens with zero attached hydrogens (tertiary/aromatic N) is 3. The maximum atomic E-state index is 12.8. The number of piperidine rings is 1. The summed E-state index contributed by atoms with van der Waals surface area (Å²) in [4.78, 5) is 31.6. The van der Waals surface area contributed by atoms with Crippen molar-refractivity contribution in [3.63, 3.8) is 0 Å². The predicted octanol–water partition coefficient (Wildman–Crippen LogP) is 1.72. The summed E-state index contributed by atoms with van der Waals surface area (Å²) in [6.45, 7) is 4.68.